The van der Waals surface area contributed by atoms with Crippen LogP contribution in [0.2, 0.25) is 0 Å². The highest BCUT2D eigenvalue weighted by atomic mass is 32.1. The molecule has 0 fully saturated rings. The predicted octanol–water partition coefficient (Wildman–Crippen LogP) is 2.59. The lowest BCUT2D eigenvalue weighted by atomic mass is 10.2. The van der Waals surface area contributed by atoms with Gasteiger partial charge in [-0.15, -0.1) is 0 Å². The van der Waals surface area contributed by atoms with E-state index >= 15 is 0 Å². The van der Waals surface area contributed by atoms with Crippen molar-refractivity contribution in [1.82, 2.24) is 9.72 Å². The van der Waals surface area contributed by atoms with Crippen molar-refractivity contribution in [3.05, 3.63) is 46.1 Å². The maximum Gasteiger partial charge on any atom is 0.301 e. The third-order valence-corrected chi connectivity index (χ3v) is 4.10. The zero-order chi connectivity index (χ0) is 14.3. The van der Waals surface area contributed by atoms with Gasteiger partial charge >= 0.3 is 5.91 Å². The molecule has 1 amide bonds. The molecule has 3 rings (SSSR count). The minimum atomic E-state index is -0.388. The number of fused-ring (bicyclic) bond motifs is 1. The van der Waals surface area contributed by atoms with Crippen molar-refractivity contribution in [2.75, 3.05) is 0 Å². The van der Waals surface area contributed by atoms with E-state index in [0.717, 1.165) is 10.2 Å². The molecule has 2 heterocycles. The molecule has 1 aromatic carbocycles. The molecule has 0 spiro atoms. The van der Waals surface area contributed by atoms with Crippen molar-refractivity contribution in [3.8, 4) is 0 Å². The summed E-state index contributed by atoms with van der Waals surface area (Å²) in [7, 11) is 1.90. The number of amides is 1. The van der Waals surface area contributed by atoms with E-state index in [9.17, 15) is 4.79 Å². The quantitative estimate of drug-likeness (QED) is 0.691. The molecule has 2 aromatic heterocycles. The van der Waals surface area contributed by atoms with Crippen LogP contribution in [-0.2, 0) is 7.05 Å². The van der Waals surface area contributed by atoms with E-state index < -0.39 is 0 Å². The molecule has 0 aliphatic carbocycles. The highest BCUT2D eigenvalue weighted by molar-refractivity contribution is 7.16. The SMILES string of the molecule is Cc1ccc2c(c1)sc(=NC(=O)c1cc(C)on1)n2C. The van der Waals surface area contributed by atoms with E-state index in [1.54, 1.807) is 13.0 Å². The number of carbonyl (C=O) groups excluding carboxylic acids is 1. The first-order valence-corrected chi connectivity index (χ1v) is 6.95. The van der Waals surface area contributed by atoms with Crippen molar-refractivity contribution in [2.24, 2.45) is 12.0 Å². The van der Waals surface area contributed by atoms with Gasteiger partial charge in [0, 0.05) is 13.1 Å². The number of benzene rings is 1. The fourth-order valence-corrected chi connectivity index (χ4v) is 3.07. The first kappa shape index (κ1) is 12.8. The molecular weight excluding hydrogens is 274 g/mol. The topological polar surface area (TPSA) is 60.4 Å². The van der Waals surface area contributed by atoms with Crippen molar-refractivity contribution in [1.29, 1.82) is 0 Å². The number of hydrogen-bond donors (Lipinski definition) is 0. The van der Waals surface area contributed by atoms with Crippen LogP contribution in [0, 0.1) is 13.8 Å². The van der Waals surface area contributed by atoms with Crippen LogP contribution in [0.15, 0.2) is 33.8 Å². The second-order valence-corrected chi connectivity index (χ2v) is 5.66. The molecule has 0 saturated carbocycles. The lowest BCUT2D eigenvalue weighted by molar-refractivity contribution is 0.0989. The fraction of sp³-hybridized carbons (Fsp3) is 0.214. The maximum atomic E-state index is 12.0. The van der Waals surface area contributed by atoms with E-state index in [2.05, 4.69) is 16.2 Å². The van der Waals surface area contributed by atoms with Crippen molar-refractivity contribution in [2.45, 2.75) is 13.8 Å². The third-order valence-electron chi connectivity index (χ3n) is 3.01. The van der Waals surface area contributed by atoms with Crippen LogP contribution < -0.4 is 4.80 Å². The van der Waals surface area contributed by atoms with E-state index in [0.29, 0.717) is 10.6 Å². The Kier molecular flexibility index (Phi) is 3.02. The van der Waals surface area contributed by atoms with E-state index in [-0.39, 0.29) is 11.6 Å². The molecule has 20 heavy (non-hydrogen) atoms. The van der Waals surface area contributed by atoms with E-state index in [1.165, 1.54) is 16.9 Å². The summed E-state index contributed by atoms with van der Waals surface area (Å²) in [6, 6.07) is 7.75. The minimum Gasteiger partial charge on any atom is -0.361 e. The molecule has 0 aliphatic rings. The summed E-state index contributed by atoms with van der Waals surface area (Å²) < 4.78 is 7.91. The zero-order valence-corrected chi connectivity index (χ0v) is 12.2. The summed E-state index contributed by atoms with van der Waals surface area (Å²) in [6.45, 7) is 3.78. The lowest BCUT2D eigenvalue weighted by Crippen LogP contribution is -2.13. The van der Waals surface area contributed by atoms with E-state index in [1.807, 2.05) is 30.7 Å². The highest BCUT2D eigenvalue weighted by Gasteiger charge is 2.11. The largest absolute Gasteiger partial charge is 0.361 e. The number of aryl methyl sites for hydroxylation is 3. The fourth-order valence-electron chi connectivity index (χ4n) is 1.96. The van der Waals surface area contributed by atoms with Gasteiger partial charge in [0.05, 0.1) is 10.2 Å². The number of nitrogens with zero attached hydrogens (tertiary/aromatic N) is 3. The summed E-state index contributed by atoms with van der Waals surface area (Å²) in [6.07, 6.45) is 0. The van der Waals surface area contributed by atoms with Gasteiger partial charge < -0.3 is 9.09 Å². The second-order valence-electron chi connectivity index (χ2n) is 4.65. The van der Waals surface area contributed by atoms with Crippen LogP contribution in [0.5, 0.6) is 0 Å². The first-order valence-electron chi connectivity index (χ1n) is 6.13. The molecule has 0 aliphatic heterocycles. The Bertz CT molecular complexity index is 870. The minimum absolute atomic E-state index is 0.233. The Morgan fingerprint density at radius 2 is 2.15 bits per heavy atom. The van der Waals surface area contributed by atoms with Gasteiger partial charge in [-0.25, -0.2) is 0 Å². The third kappa shape index (κ3) is 2.18. The Morgan fingerprint density at radius 3 is 2.85 bits per heavy atom. The van der Waals surface area contributed by atoms with Crippen molar-refractivity contribution < 1.29 is 9.32 Å². The Morgan fingerprint density at radius 1 is 1.35 bits per heavy atom. The molecule has 3 aromatic rings. The Balaban J connectivity index is 2.12. The second kappa shape index (κ2) is 4.72. The van der Waals surface area contributed by atoms with Gasteiger partial charge in [0.2, 0.25) is 0 Å². The van der Waals surface area contributed by atoms with Crippen LogP contribution in [0.1, 0.15) is 21.8 Å². The van der Waals surface area contributed by atoms with Crippen molar-refractivity contribution in [3.63, 3.8) is 0 Å². The summed E-state index contributed by atoms with van der Waals surface area (Å²) in [4.78, 5) is 16.8. The van der Waals surface area contributed by atoms with Crippen LogP contribution in [0.25, 0.3) is 10.2 Å². The van der Waals surface area contributed by atoms with Gasteiger partial charge in [0.1, 0.15) is 5.76 Å². The molecule has 0 radical (unpaired) electrons. The van der Waals surface area contributed by atoms with Gasteiger partial charge in [-0.1, -0.05) is 22.6 Å². The average molecular weight is 287 g/mol. The van der Waals surface area contributed by atoms with E-state index in [4.69, 9.17) is 4.52 Å². The maximum absolute atomic E-state index is 12.0. The lowest BCUT2D eigenvalue weighted by Gasteiger charge is -1.95. The summed E-state index contributed by atoms with van der Waals surface area (Å²) >= 11 is 1.48. The molecule has 0 unspecified atom stereocenters. The molecule has 0 bridgehead atoms. The number of rotatable bonds is 1. The van der Waals surface area contributed by atoms with Gasteiger partial charge in [0.15, 0.2) is 10.5 Å². The standard InChI is InChI=1S/C14H13N3O2S/c1-8-4-5-11-12(6-8)20-14(17(11)3)15-13(18)10-7-9(2)19-16-10/h4-7H,1-3H3. The first-order chi connectivity index (χ1) is 9.54. The van der Waals surface area contributed by atoms with Gasteiger partial charge in [-0.3, -0.25) is 4.79 Å². The molecule has 102 valence electrons. The number of thiazole rings is 1. The highest BCUT2D eigenvalue weighted by Crippen LogP contribution is 2.18. The molecule has 0 atom stereocenters. The Hall–Kier alpha value is -2.21. The van der Waals surface area contributed by atoms with Gasteiger partial charge in [-0.05, 0) is 31.5 Å². The van der Waals surface area contributed by atoms with Crippen LogP contribution in [0.3, 0.4) is 0 Å². The van der Waals surface area contributed by atoms with Crippen molar-refractivity contribution >= 4 is 27.5 Å². The van der Waals surface area contributed by atoms with Gasteiger partial charge in [-0.2, -0.15) is 4.99 Å². The van der Waals surface area contributed by atoms with Crippen LogP contribution in [-0.4, -0.2) is 15.6 Å². The predicted molar refractivity (Wildman–Crippen MR) is 76.7 cm³/mol. The molecule has 0 saturated heterocycles. The monoisotopic (exact) mass is 287 g/mol. The normalized spacial score (nSPS) is 12.2. The van der Waals surface area contributed by atoms with Crippen LogP contribution >= 0.6 is 11.3 Å². The molecule has 5 nitrogen and oxygen atoms in total. The molecule has 0 N–H and O–H groups in total. The number of hydrogen-bond acceptors (Lipinski definition) is 4. The average Bonchev–Trinajstić information content (AvgIpc) is 2.95. The zero-order valence-electron chi connectivity index (χ0n) is 11.4. The number of aromatic nitrogens is 2. The smallest absolute Gasteiger partial charge is 0.301 e. The summed E-state index contributed by atoms with van der Waals surface area (Å²) in [5.74, 6) is 0.209. The summed E-state index contributed by atoms with van der Waals surface area (Å²) in [5, 5.41) is 3.69. The summed E-state index contributed by atoms with van der Waals surface area (Å²) in [5.41, 5.74) is 2.48. The Labute approximate surface area is 119 Å². The molecular formula is C14H13N3O2S. The van der Waals surface area contributed by atoms with Crippen LogP contribution in [0.4, 0.5) is 0 Å². The molecule has 6 heteroatoms. The number of carbonyl (C=O) groups is 1. The van der Waals surface area contributed by atoms with Gasteiger partial charge in [0.25, 0.3) is 0 Å².